The Morgan fingerprint density at radius 2 is 2.00 bits per heavy atom. The Morgan fingerprint density at radius 3 is 2.70 bits per heavy atom. The van der Waals surface area contributed by atoms with Crippen molar-refractivity contribution in [3.05, 3.63) is 29.8 Å². The predicted octanol–water partition coefficient (Wildman–Crippen LogP) is 1.93. The lowest BCUT2D eigenvalue weighted by Crippen LogP contribution is -2.44. The van der Waals surface area contributed by atoms with Crippen molar-refractivity contribution in [3.8, 4) is 5.75 Å². The number of aryl methyl sites for hydroxylation is 1. The van der Waals surface area contributed by atoms with Crippen LogP contribution in [0.15, 0.2) is 24.3 Å². The molecule has 1 aromatic rings. The van der Waals surface area contributed by atoms with Crippen LogP contribution in [0.2, 0.25) is 0 Å². The molecule has 0 heterocycles. The van der Waals surface area contributed by atoms with Crippen LogP contribution in [0.25, 0.3) is 0 Å². The van der Waals surface area contributed by atoms with E-state index in [1.807, 2.05) is 50.1 Å². The summed E-state index contributed by atoms with van der Waals surface area (Å²) in [7, 11) is 1.84. The van der Waals surface area contributed by atoms with Crippen molar-refractivity contribution in [2.75, 3.05) is 33.3 Å². The number of ether oxygens (including phenoxy) is 1. The van der Waals surface area contributed by atoms with Crippen molar-refractivity contribution >= 4 is 11.9 Å². The highest BCUT2D eigenvalue weighted by molar-refractivity contribution is 5.95. The van der Waals surface area contributed by atoms with Gasteiger partial charge in [-0.05, 0) is 38.4 Å². The van der Waals surface area contributed by atoms with Gasteiger partial charge in [-0.1, -0.05) is 25.1 Å². The van der Waals surface area contributed by atoms with E-state index in [1.54, 1.807) is 0 Å². The predicted molar refractivity (Wildman–Crippen MR) is 90.6 cm³/mol. The molecule has 0 bridgehead atoms. The fourth-order valence-corrected chi connectivity index (χ4v) is 2.01. The van der Waals surface area contributed by atoms with Gasteiger partial charge in [-0.3, -0.25) is 15.0 Å². The zero-order chi connectivity index (χ0) is 17.1. The van der Waals surface area contributed by atoms with Gasteiger partial charge in [0.15, 0.2) is 0 Å². The van der Waals surface area contributed by atoms with Crippen LogP contribution < -0.4 is 15.4 Å². The van der Waals surface area contributed by atoms with Gasteiger partial charge in [0.05, 0.1) is 13.2 Å². The second-order valence-corrected chi connectivity index (χ2v) is 5.51. The molecule has 1 rings (SSSR count). The maximum Gasteiger partial charge on any atom is 0.321 e. The highest BCUT2D eigenvalue weighted by atomic mass is 16.5. The minimum atomic E-state index is -0.437. The molecule has 0 unspecified atom stereocenters. The lowest BCUT2D eigenvalue weighted by atomic mass is 10.2. The molecule has 3 amide bonds. The number of amides is 3. The Hall–Kier alpha value is -2.08. The summed E-state index contributed by atoms with van der Waals surface area (Å²) in [4.78, 5) is 24.9. The van der Waals surface area contributed by atoms with Crippen LogP contribution in [0.1, 0.15) is 25.3 Å². The van der Waals surface area contributed by atoms with Crippen molar-refractivity contribution in [1.29, 1.82) is 0 Å². The monoisotopic (exact) mass is 321 g/mol. The summed E-state index contributed by atoms with van der Waals surface area (Å²) in [5.74, 6) is 0.585. The van der Waals surface area contributed by atoms with Gasteiger partial charge in [-0.15, -0.1) is 0 Å². The highest BCUT2D eigenvalue weighted by Gasteiger charge is 2.09. The molecule has 128 valence electrons. The summed E-state index contributed by atoms with van der Waals surface area (Å²) in [6.45, 7) is 6.02. The van der Waals surface area contributed by atoms with E-state index in [2.05, 4.69) is 10.6 Å². The minimum Gasteiger partial charge on any atom is -0.493 e. The van der Waals surface area contributed by atoms with E-state index in [0.29, 0.717) is 13.2 Å². The molecule has 6 heteroatoms. The first-order chi connectivity index (χ1) is 11.0. The van der Waals surface area contributed by atoms with Crippen LogP contribution in [0.5, 0.6) is 5.75 Å². The van der Waals surface area contributed by atoms with E-state index < -0.39 is 6.03 Å². The fraction of sp³-hybridized carbons (Fsp3) is 0.529. The fourth-order valence-electron chi connectivity index (χ4n) is 2.01. The summed E-state index contributed by atoms with van der Waals surface area (Å²) in [6.07, 6.45) is 1.64. The van der Waals surface area contributed by atoms with Crippen LogP contribution in [0.3, 0.4) is 0 Å². The molecule has 0 aliphatic rings. The van der Waals surface area contributed by atoms with Crippen LogP contribution >= 0.6 is 0 Å². The van der Waals surface area contributed by atoms with Gasteiger partial charge >= 0.3 is 6.03 Å². The van der Waals surface area contributed by atoms with Gasteiger partial charge in [-0.2, -0.15) is 0 Å². The molecule has 0 spiro atoms. The Kier molecular flexibility index (Phi) is 8.75. The minimum absolute atomic E-state index is 0.184. The number of rotatable bonds is 9. The van der Waals surface area contributed by atoms with Gasteiger partial charge in [0.25, 0.3) is 0 Å². The van der Waals surface area contributed by atoms with E-state index in [0.717, 1.165) is 30.7 Å². The first-order valence-corrected chi connectivity index (χ1v) is 7.97. The van der Waals surface area contributed by atoms with Gasteiger partial charge in [-0.25, -0.2) is 4.79 Å². The van der Waals surface area contributed by atoms with Crippen molar-refractivity contribution < 1.29 is 14.3 Å². The summed E-state index contributed by atoms with van der Waals surface area (Å²) in [5.41, 5.74) is 1.11. The largest absolute Gasteiger partial charge is 0.493 e. The van der Waals surface area contributed by atoms with Gasteiger partial charge in [0, 0.05) is 13.1 Å². The number of benzene rings is 1. The molecular weight excluding hydrogens is 294 g/mol. The lowest BCUT2D eigenvalue weighted by molar-refractivity contribution is -0.120. The quantitative estimate of drug-likeness (QED) is 0.682. The van der Waals surface area contributed by atoms with E-state index in [9.17, 15) is 9.59 Å². The second kappa shape index (κ2) is 10.6. The van der Waals surface area contributed by atoms with Crippen LogP contribution in [0, 0.1) is 6.92 Å². The number of nitrogens with zero attached hydrogens (tertiary/aromatic N) is 1. The molecule has 0 aliphatic carbocycles. The van der Waals surface area contributed by atoms with E-state index >= 15 is 0 Å². The number of hydrogen-bond donors (Lipinski definition) is 2. The zero-order valence-electron chi connectivity index (χ0n) is 14.2. The van der Waals surface area contributed by atoms with E-state index in [1.165, 1.54) is 0 Å². The maximum atomic E-state index is 11.7. The molecule has 0 atom stereocenters. The number of urea groups is 1. The Bertz CT molecular complexity index is 506. The van der Waals surface area contributed by atoms with Crippen molar-refractivity contribution in [2.45, 2.75) is 26.7 Å². The number of hydrogen-bond acceptors (Lipinski definition) is 4. The topological polar surface area (TPSA) is 70.7 Å². The van der Waals surface area contributed by atoms with E-state index in [4.69, 9.17) is 4.74 Å². The molecular formula is C17H27N3O3. The van der Waals surface area contributed by atoms with Crippen LogP contribution in [-0.4, -0.2) is 50.1 Å². The molecule has 6 nitrogen and oxygen atoms in total. The zero-order valence-corrected chi connectivity index (χ0v) is 14.2. The molecule has 2 N–H and O–H groups in total. The summed E-state index contributed by atoms with van der Waals surface area (Å²) >= 11 is 0. The highest BCUT2D eigenvalue weighted by Crippen LogP contribution is 2.16. The lowest BCUT2D eigenvalue weighted by Gasteiger charge is -2.16. The Labute approximate surface area is 138 Å². The number of carbonyl (C=O) groups excluding carboxylic acids is 2. The first kappa shape index (κ1) is 19.0. The summed E-state index contributed by atoms with van der Waals surface area (Å²) < 4.78 is 5.71. The third kappa shape index (κ3) is 8.21. The first-order valence-electron chi connectivity index (χ1n) is 7.97. The second-order valence-electron chi connectivity index (χ2n) is 5.51. The standard InChI is InChI=1S/C17H27N3O3/c1-4-10-18-17(22)19-16(21)13-20(3)11-7-12-23-15-9-6-5-8-14(15)2/h5-6,8-9H,4,7,10-13H2,1-3H3,(H2,18,19,21,22). The molecule has 0 aliphatic heterocycles. The average molecular weight is 321 g/mol. The van der Waals surface area contributed by atoms with Gasteiger partial charge < -0.3 is 10.1 Å². The average Bonchev–Trinajstić information content (AvgIpc) is 2.51. The molecule has 1 aromatic carbocycles. The smallest absolute Gasteiger partial charge is 0.321 e. The summed E-state index contributed by atoms with van der Waals surface area (Å²) in [6, 6.07) is 7.44. The molecule has 0 aromatic heterocycles. The molecule has 0 saturated carbocycles. The van der Waals surface area contributed by atoms with Gasteiger partial charge in [0.2, 0.25) is 5.91 Å². The van der Waals surface area contributed by atoms with Crippen molar-refractivity contribution in [3.63, 3.8) is 0 Å². The normalized spacial score (nSPS) is 10.4. The molecule has 0 fully saturated rings. The number of para-hydroxylation sites is 1. The van der Waals surface area contributed by atoms with Crippen LogP contribution in [-0.2, 0) is 4.79 Å². The Morgan fingerprint density at radius 1 is 1.26 bits per heavy atom. The third-order valence-electron chi connectivity index (χ3n) is 3.24. The molecule has 23 heavy (non-hydrogen) atoms. The van der Waals surface area contributed by atoms with Crippen molar-refractivity contribution in [1.82, 2.24) is 15.5 Å². The van der Waals surface area contributed by atoms with Gasteiger partial charge in [0.1, 0.15) is 5.75 Å². The number of imide groups is 1. The number of carbonyl (C=O) groups is 2. The summed E-state index contributed by atoms with van der Waals surface area (Å²) in [5, 5.41) is 4.91. The number of likely N-dealkylation sites (N-methyl/N-ethyl adjacent to an activating group) is 1. The van der Waals surface area contributed by atoms with E-state index in [-0.39, 0.29) is 12.5 Å². The SMILES string of the molecule is CCCNC(=O)NC(=O)CN(C)CCCOc1ccccc1C. The third-order valence-corrected chi connectivity index (χ3v) is 3.24. The molecule has 0 radical (unpaired) electrons. The number of nitrogens with one attached hydrogen (secondary N) is 2. The van der Waals surface area contributed by atoms with Crippen LogP contribution in [0.4, 0.5) is 4.79 Å². The molecule has 0 saturated heterocycles. The maximum absolute atomic E-state index is 11.7. The Balaban J connectivity index is 2.16. The van der Waals surface area contributed by atoms with Crippen molar-refractivity contribution in [2.24, 2.45) is 0 Å².